The Bertz CT molecular complexity index is 1020. The van der Waals surface area contributed by atoms with Crippen LogP contribution in [0, 0.1) is 5.92 Å². The normalized spacial score (nSPS) is 14.0. The molecule has 3 rings (SSSR count). The molecular formula is C31H38O2. The summed E-state index contributed by atoms with van der Waals surface area (Å²) in [5.74, 6) is 0.130. The molecule has 0 aliphatic carbocycles. The molecule has 1 N–H and O–H groups in total. The lowest BCUT2D eigenvalue weighted by molar-refractivity contribution is -0.111. The lowest BCUT2D eigenvalue weighted by Crippen LogP contribution is -2.22. The number of carbonyl (C=O) groups excluding carboxylic acids is 1. The minimum Gasteiger partial charge on any atom is -0.507 e. The van der Waals surface area contributed by atoms with Gasteiger partial charge in [-0.15, -0.1) is 0 Å². The number of rotatable bonds is 7. The third-order valence-electron chi connectivity index (χ3n) is 6.48. The molecule has 0 spiro atoms. The topological polar surface area (TPSA) is 37.3 Å². The second-order valence-electron chi connectivity index (χ2n) is 11.2. The maximum Gasteiger partial charge on any atom is 0.124 e. The van der Waals surface area contributed by atoms with Crippen LogP contribution >= 0.6 is 0 Å². The molecule has 3 aromatic carbocycles. The largest absolute Gasteiger partial charge is 0.507 e. The Morgan fingerprint density at radius 3 is 1.70 bits per heavy atom. The fraction of sp³-hybridized carbons (Fsp3) is 0.387. The van der Waals surface area contributed by atoms with E-state index in [1.54, 1.807) is 0 Å². The van der Waals surface area contributed by atoms with Crippen LogP contribution < -0.4 is 0 Å². The maximum atomic E-state index is 12.5. The van der Waals surface area contributed by atoms with E-state index in [1.807, 2.05) is 36.4 Å². The summed E-state index contributed by atoms with van der Waals surface area (Å²) in [5.41, 5.74) is 4.89. The van der Waals surface area contributed by atoms with Crippen molar-refractivity contribution in [3.63, 3.8) is 0 Å². The first-order chi connectivity index (χ1) is 15.5. The van der Waals surface area contributed by atoms with Gasteiger partial charge in [0.2, 0.25) is 0 Å². The zero-order valence-corrected chi connectivity index (χ0v) is 20.9. The molecule has 0 heterocycles. The van der Waals surface area contributed by atoms with Gasteiger partial charge in [0, 0.05) is 11.8 Å². The van der Waals surface area contributed by atoms with Crippen LogP contribution in [0.1, 0.15) is 81.7 Å². The summed E-state index contributed by atoms with van der Waals surface area (Å²) in [5, 5.41) is 11.2. The van der Waals surface area contributed by atoms with Crippen molar-refractivity contribution in [1.29, 1.82) is 0 Å². The van der Waals surface area contributed by atoms with Crippen LogP contribution in [0.3, 0.4) is 0 Å². The lowest BCUT2D eigenvalue weighted by Gasteiger charge is -2.31. The SMILES string of the molecule is CC(C)(C)c1cc([C@H](c2ccccc2)[C@H](C=O)CCc2ccccc2)cc(C(C)(C)C)c1O. The van der Waals surface area contributed by atoms with Gasteiger partial charge in [0.05, 0.1) is 0 Å². The molecule has 0 amide bonds. The number of phenols is 1. The molecule has 0 aliphatic heterocycles. The van der Waals surface area contributed by atoms with Crippen molar-refractivity contribution in [3.05, 3.63) is 101 Å². The second kappa shape index (κ2) is 9.95. The molecule has 2 nitrogen and oxygen atoms in total. The summed E-state index contributed by atoms with van der Waals surface area (Å²) in [7, 11) is 0. The van der Waals surface area contributed by atoms with Gasteiger partial charge in [0.15, 0.2) is 0 Å². The fourth-order valence-corrected chi connectivity index (χ4v) is 4.62. The average molecular weight is 443 g/mol. The predicted octanol–water partition coefficient (Wildman–Crippen LogP) is 7.57. The van der Waals surface area contributed by atoms with E-state index in [0.717, 1.165) is 41.4 Å². The zero-order chi connectivity index (χ0) is 24.2. The van der Waals surface area contributed by atoms with Gasteiger partial charge in [-0.3, -0.25) is 0 Å². The number of hydrogen-bond donors (Lipinski definition) is 1. The van der Waals surface area contributed by atoms with Gasteiger partial charge in [0.25, 0.3) is 0 Å². The molecular weight excluding hydrogens is 404 g/mol. The van der Waals surface area contributed by atoms with E-state index >= 15 is 0 Å². The summed E-state index contributed by atoms with van der Waals surface area (Å²) >= 11 is 0. The molecule has 2 heteroatoms. The average Bonchev–Trinajstić information content (AvgIpc) is 2.77. The second-order valence-corrected chi connectivity index (χ2v) is 11.2. The van der Waals surface area contributed by atoms with E-state index in [-0.39, 0.29) is 22.7 Å². The van der Waals surface area contributed by atoms with Gasteiger partial charge in [-0.1, -0.05) is 114 Å². The van der Waals surface area contributed by atoms with E-state index in [4.69, 9.17) is 0 Å². The Balaban J connectivity index is 2.15. The van der Waals surface area contributed by atoms with Crippen molar-refractivity contribution < 1.29 is 9.90 Å². The highest BCUT2D eigenvalue weighted by Gasteiger charge is 2.31. The first kappa shape index (κ1) is 24.8. The quantitative estimate of drug-likeness (QED) is 0.383. The van der Waals surface area contributed by atoms with Gasteiger partial charge in [-0.25, -0.2) is 0 Å². The number of aldehydes is 1. The fourth-order valence-electron chi connectivity index (χ4n) is 4.62. The van der Waals surface area contributed by atoms with E-state index < -0.39 is 0 Å². The van der Waals surface area contributed by atoms with Crippen molar-refractivity contribution in [3.8, 4) is 5.75 Å². The van der Waals surface area contributed by atoms with E-state index in [2.05, 4.69) is 77.9 Å². The van der Waals surface area contributed by atoms with Gasteiger partial charge in [-0.05, 0) is 51.5 Å². The van der Waals surface area contributed by atoms with Crippen LogP contribution in [-0.4, -0.2) is 11.4 Å². The molecule has 0 aromatic heterocycles. The standard InChI is InChI=1S/C31H38O2/c1-30(2,3)26-19-25(20-27(29(26)33)31(4,5)6)28(23-15-11-8-12-16-23)24(21-32)18-17-22-13-9-7-10-14-22/h7-16,19-21,24,28,33H,17-18H2,1-6H3/t24-,28+/m0/s1. The molecule has 33 heavy (non-hydrogen) atoms. The first-order valence-electron chi connectivity index (χ1n) is 11.9. The van der Waals surface area contributed by atoms with Crippen molar-refractivity contribution >= 4 is 6.29 Å². The molecule has 0 unspecified atom stereocenters. The molecule has 0 radical (unpaired) electrons. The molecule has 3 aromatic rings. The van der Waals surface area contributed by atoms with Gasteiger partial charge >= 0.3 is 0 Å². The van der Waals surface area contributed by atoms with Gasteiger partial charge in [0.1, 0.15) is 12.0 Å². The molecule has 0 saturated heterocycles. The lowest BCUT2D eigenvalue weighted by atomic mass is 9.73. The van der Waals surface area contributed by atoms with Crippen molar-refractivity contribution in [2.45, 2.75) is 71.1 Å². The number of benzene rings is 3. The summed E-state index contributed by atoms with van der Waals surface area (Å²) in [6, 6.07) is 24.9. The van der Waals surface area contributed by atoms with Crippen molar-refractivity contribution in [2.75, 3.05) is 0 Å². The summed E-state index contributed by atoms with van der Waals surface area (Å²) in [6.45, 7) is 12.8. The molecule has 0 fully saturated rings. The summed E-state index contributed by atoms with van der Waals surface area (Å²) in [6.07, 6.45) is 2.74. The number of aryl methyl sites for hydroxylation is 1. The van der Waals surface area contributed by atoms with E-state index in [1.165, 1.54) is 5.56 Å². The predicted molar refractivity (Wildman–Crippen MR) is 138 cm³/mol. The number of aromatic hydroxyl groups is 1. The van der Waals surface area contributed by atoms with Crippen molar-refractivity contribution in [2.24, 2.45) is 5.92 Å². The Hall–Kier alpha value is -2.87. The Morgan fingerprint density at radius 1 is 0.758 bits per heavy atom. The van der Waals surface area contributed by atoms with Crippen LogP contribution in [0.15, 0.2) is 72.8 Å². The molecule has 2 atom stereocenters. The first-order valence-corrected chi connectivity index (χ1v) is 11.9. The van der Waals surface area contributed by atoms with E-state index in [0.29, 0.717) is 5.75 Å². The van der Waals surface area contributed by atoms with Crippen LogP contribution in [0.4, 0.5) is 0 Å². The highest BCUT2D eigenvalue weighted by Crippen LogP contribution is 2.44. The van der Waals surface area contributed by atoms with Crippen LogP contribution in [0.25, 0.3) is 0 Å². The van der Waals surface area contributed by atoms with Crippen molar-refractivity contribution in [1.82, 2.24) is 0 Å². The monoisotopic (exact) mass is 442 g/mol. The minimum absolute atomic E-state index is 0.0739. The maximum absolute atomic E-state index is 12.5. The zero-order valence-electron chi connectivity index (χ0n) is 20.9. The summed E-state index contributed by atoms with van der Waals surface area (Å²) in [4.78, 5) is 12.5. The highest BCUT2D eigenvalue weighted by atomic mass is 16.3. The minimum atomic E-state index is -0.220. The van der Waals surface area contributed by atoms with Crippen LogP contribution in [-0.2, 0) is 22.0 Å². The third kappa shape index (κ3) is 5.93. The summed E-state index contributed by atoms with van der Waals surface area (Å²) < 4.78 is 0. The van der Waals surface area contributed by atoms with Crippen LogP contribution in [0.5, 0.6) is 5.75 Å². The smallest absolute Gasteiger partial charge is 0.124 e. The Kier molecular flexibility index (Phi) is 7.47. The molecule has 174 valence electrons. The number of phenolic OH excluding ortho intramolecular Hbond substituents is 1. The highest BCUT2D eigenvalue weighted by molar-refractivity contribution is 5.60. The van der Waals surface area contributed by atoms with Gasteiger partial charge in [-0.2, -0.15) is 0 Å². The molecule has 0 saturated carbocycles. The van der Waals surface area contributed by atoms with Crippen LogP contribution in [0.2, 0.25) is 0 Å². The molecule has 0 bridgehead atoms. The number of carbonyl (C=O) groups is 1. The molecule has 0 aliphatic rings. The third-order valence-corrected chi connectivity index (χ3v) is 6.48. The Labute approximate surface area is 199 Å². The Morgan fingerprint density at radius 2 is 1.24 bits per heavy atom. The van der Waals surface area contributed by atoms with E-state index in [9.17, 15) is 9.90 Å². The number of hydrogen-bond acceptors (Lipinski definition) is 2. The van der Waals surface area contributed by atoms with Gasteiger partial charge < -0.3 is 9.90 Å².